The summed E-state index contributed by atoms with van der Waals surface area (Å²) >= 11 is 0. The highest BCUT2D eigenvalue weighted by Gasteiger charge is 2.50. The molecule has 0 saturated carbocycles. The normalized spacial score (nSPS) is 43.3. The molecule has 10 unspecified atom stereocenters. The maximum absolute atomic E-state index is 10.5. The fourth-order valence-electron chi connectivity index (χ4n) is 3.37. The zero-order chi connectivity index (χ0) is 21.1. The molecule has 0 aromatic heterocycles. The molecule has 164 valence electrons. The van der Waals surface area contributed by atoms with Crippen molar-refractivity contribution in [1.82, 2.24) is 0 Å². The standard InChI is InChI=1S/C19H28O10/c1-9-12(21)15(24)17(19(27-9)26-8-10-5-3-2-4-6-10)29-18-16(25)14(23)13(22)11(7-20)28-18/h2-6,9,11-25H,7-8H2,1H3. The van der Waals surface area contributed by atoms with Gasteiger partial charge in [0.15, 0.2) is 12.6 Å². The molecule has 10 heteroatoms. The van der Waals surface area contributed by atoms with Gasteiger partial charge in [-0.3, -0.25) is 0 Å². The summed E-state index contributed by atoms with van der Waals surface area (Å²) in [5.41, 5.74) is 0.843. The molecule has 3 rings (SSSR count). The SMILES string of the molecule is CC1OC(OCc2ccccc2)C(OC2OC(CO)C(O)C(O)C2O)C(O)C1O. The Bertz CT molecular complexity index is 629. The first-order valence-electron chi connectivity index (χ1n) is 9.46. The van der Waals surface area contributed by atoms with Crippen LogP contribution in [0.5, 0.6) is 0 Å². The van der Waals surface area contributed by atoms with E-state index >= 15 is 0 Å². The first-order valence-corrected chi connectivity index (χ1v) is 9.46. The van der Waals surface area contributed by atoms with Gasteiger partial charge in [-0.1, -0.05) is 30.3 Å². The van der Waals surface area contributed by atoms with Crippen LogP contribution in [0.4, 0.5) is 0 Å². The Morgan fingerprint density at radius 1 is 0.828 bits per heavy atom. The highest BCUT2D eigenvalue weighted by molar-refractivity contribution is 5.13. The Morgan fingerprint density at radius 2 is 1.52 bits per heavy atom. The molecule has 29 heavy (non-hydrogen) atoms. The van der Waals surface area contributed by atoms with Crippen LogP contribution in [0.15, 0.2) is 30.3 Å². The smallest absolute Gasteiger partial charge is 0.187 e. The van der Waals surface area contributed by atoms with Crippen LogP contribution in [0.3, 0.4) is 0 Å². The molecule has 2 fully saturated rings. The number of aliphatic hydroxyl groups excluding tert-OH is 6. The summed E-state index contributed by atoms with van der Waals surface area (Å²) in [7, 11) is 0. The quantitative estimate of drug-likeness (QED) is 0.302. The third kappa shape index (κ3) is 4.94. The second kappa shape index (κ2) is 9.75. The highest BCUT2D eigenvalue weighted by Crippen LogP contribution is 2.30. The summed E-state index contributed by atoms with van der Waals surface area (Å²) in [5, 5.41) is 60.0. The van der Waals surface area contributed by atoms with Crippen molar-refractivity contribution in [3.8, 4) is 0 Å². The van der Waals surface area contributed by atoms with E-state index in [-0.39, 0.29) is 6.61 Å². The average Bonchev–Trinajstić information content (AvgIpc) is 2.73. The number of hydrogen-bond donors (Lipinski definition) is 6. The van der Waals surface area contributed by atoms with Crippen molar-refractivity contribution in [3.63, 3.8) is 0 Å². The van der Waals surface area contributed by atoms with Crippen LogP contribution in [0.25, 0.3) is 0 Å². The van der Waals surface area contributed by atoms with Gasteiger partial charge in [-0.05, 0) is 12.5 Å². The monoisotopic (exact) mass is 416 g/mol. The lowest BCUT2D eigenvalue weighted by Gasteiger charge is -2.45. The molecule has 2 saturated heterocycles. The molecule has 10 atom stereocenters. The molecule has 6 N–H and O–H groups in total. The number of benzene rings is 1. The van der Waals surface area contributed by atoms with E-state index < -0.39 is 68.0 Å². The van der Waals surface area contributed by atoms with E-state index in [0.717, 1.165) is 5.56 Å². The van der Waals surface area contributed by atoms with Gasteiger partial charge in [0.05, 0.1) is 19.3 Å². The van der Waals surface area contributed by atoms with E-state index in [0.29, 0.717) is 0 Å². The molecule has 2 aliphatic heterocycles. The van der Waals surface area contributed by atoms with Gasteiger partial charge in [0, 0.05) is 0 Å². The summed E-state index contributed by atoms with van der Waals surface area (Å²) < 4.78 is 22.3. The van der Waals surface area contributed by atoms with Crippen molar-refractivity contribution in [2.24, 2.45) is 0 Å². The number of ether oxygens (including phenoxy) is 4. The van der Waals surface area contributed by atoms with Crippen molar-refractivity contribution in [2.45, 2.75) is 74.9 Å². The lowest BCUT2D eigenvalue weighted by Crippen LogP contribution is -2.64. The van der Waals surface area contributed by atoms with Crippen molar-refractivity contribution in [1.29, 1.82) is 0 Å². The zero-order valence-corrected chi connectivity index (χ0v) is 15.9. The lowest BCUT2D eigenvalue weighted by atomic mass is 9.97. The van der Waals surface area contributed by atoms with E-state index in [1.807, 2.05) is 30.3 Å². The van der Waals surface area contributed by atoms with E-state index in [2.05, 4.69) is 0 Å². The Kier molecular flexibility index (Phi) is 7.57. The van der Waals surface area contributed by atoms with Gasteiger partial charge in [0.2, 0.25) is 0 Å². The van der Waals surface area contributed by atoms with Crippen LogP contribution in [0.1, 0.15) is 12.5 Å². The molecular weight excluding hydrogens is 388 g/mol. The molecule has 10 nitrogen and oxygen atoms in total. The summed E-state index contributed by atoms with van der Waals surface area (Å²) in [6, 6.07) is 9.21. The second-order valence-corrected chi connectivity index (χ2v) is 7.29. The van der Waals surface area contributed by atoms with E-state index in [4.69, 9.17) is 18.9 Å². The van der Waals surface area contributed by atoms with Crippen LogP contribution < -0.4 is 0 Å². The van der Waals surface area contributed by atoms with Crippen LogP contribution >= 0.6 is 0 Å². The Labute approximate surface area is 167 Å². The largest absolute Gasteiger partial charge is 0.394 e. The van der Waals surface area contributed by atoms with Gasteiger partial charge in [-0.2, -0.15) is 0 Å². The maximum Gasteiger partial charge on any atom is 0.187 e. The van der Waals surface area contributed by atoms with Crippen molar-refractivity contribution < 1.29 is 49.6 Å². The summed E-state index contributed by atoms with van der Waals surface area (Å²) in [5.74, 6) is 0. The van der Waals surface area contributed by atoms with Crippen LogP contribution in [0.2, 0.25) is 0 Å². The molecular formula is C19H28O10. The molecule has 0 amide bonds. The molecule has 1 aromatic rings. The third-order valence-electron chi connectivity index (χ3n) is 5.18. The van der Waals surface area contributed by atoms with Crippen LogP contribution in [-0.2, 0) is 25.6 Å². The molecule has 0 spiro atoms. The van der Waals surface area contributed by atoms with Crippen molar-refractivity contribution in [2.75, 3.05) is 6.61 Å². The summed E-state index contributed by atoms with van der Waals surface area (Å²) in [4.78, 5) is 0. The molecule has 0 radical (unpaired) electrons. The summed E-state index contributed by atoms with van der Waals surface area (Å²) in [6.45, 7) is 1.08. The van der Waals surface area contributed by atoms with Crippen LogP contribution in [0, 0.1) is 0 Å². The molecule has 1 aromatic carbocycles. The third-order valence-corrected chi connectivity index (χ3v) is 5.18. The topological polar surface area (TPSA) is 158 Å². The van der Waals surface area contributed by atoms with Gasteiger partial charge in [0.25, 0.3) is 0 Å². The number of hydrogen-bond acceptors (Lipinski definition) is 10. The lowest BCUT2D eigenvalue weighted by molar-refractivity contribution is -0.366. The van der Waals surface area contributed by atoms with Gasteiger partial charge < -0.3 is 49.6 Å². The minimum Gasteiger partial charge on any atom is -0.394 e. The van der Waals surface area contributed by atoms with Gasteiger partial charge in [0.1, 0.15) is 42.7 Å². The van der Waals surface area contributed by atoms with E-state index in [9.17, 15) is 30.6 Å². The fourth-order valence-corrected chi connectivity index (χ4v) is 3.37. The van der Waals surface area contributed by atoms with Crippen molar-refractivity contribution >= 4 is 0 Å². The molecule has 2 aliphatic rings. The predicted molar refractivity (Wildman–Crippen MR) is 96.2 cm³/mol. The summed E-state index contributed by atoms with van der Waals surface area (Å²) in [6.07, 6.45) is -13.4. The van der Waals surface area contributed by atoms with Gasteiger partial charge in [-0.15, -0.1) is 0 Å². The first kappa shape index (κ1) is 22.5. The molecule has 0 bridgehead atoms. The van der Waals surface area contributed by atoms with Crippen LogP contribution in [-0.4, -0.2) is 98.7 Å². The first-order chi connectivity index (χ1) is 13.8. The van der Waals surface area contributed by atoms with Gasteiger partial charge in [-0.25, -0.2) is 0 Å². The average molecular weight is 416 g/mol. The minimum absolute atomic E-state index is 0.135. The van der Waals surface area contributed by atoms with E-state index in [1.54, 1.807) is 6.92 Å². The predicted octanol–water partition coefficient (Wildman–Crippen LogP) is -2.15. The van der Waals surface area contributed by atoms with Gasteiger partial charge >= 0.3 is 0 Å². The number of rotatable bonds is 6. The maximum atomic E-state index is 10.5. The Hall–Kier alpha value is -1.18. The highest BCUT2D eigenvalue weighted by atomic mass is 16.8. The Morgan fingerprint density at radius 3 is 2.17 bits per heavy atom. The molecule has 0 aliphatic carbocycles. The van der Waals surface area contributed by atoms with E-state index in [1.165, 1.54) is 0 Å². The zero-order valence-electron chi connectivity index (χ0n) is 15.9. The number of aliphatic hydroxyl groups is 6. The minimum atomic E-state index is -1.66. The fraction of sp³-hybridized carbons (Fsp3) is 0.684. The Balaban J connectivity index is 1.73. The second-order valence-electron chi connectivity index (χ2n) is 7.29. The van der Waals surface area contributed by atoms with Crippen molar-refractivity contribution in [3.05, 3.63) is 35.9 Å². The molecule has 2 heterocycles.